The van der Waals surface area contributed by atoms with Crippen LogP contribution in [0.2, 0.25) is 0 Å². The molecule has 0 bridgehead atoms. The maximum absolute atomic E-state index is 12.7. The summed E-state index contributed by atoms with van der Waals surface area (Å²) in [5, 5.41) is 2.94. The number of amides is 2. The molecular formula is C19H29N3O3. The Kier molecular flexibility index (Phi) is 4.91. The first kappa shape index (κ1) is 18.0. The maximum atomic E-state index is 12.7. The van der Waals surface area contributed by atoms with E-state index in [0.29, 0.717) is 11.5 Å². The molecule has 1 unspecified atom stereocenters. The number of rotatable bonds is 3. The maximum Gasteiger partial charge on any atom is 0.317 e. The molecule has 2 aliphatic rings. The first-order valence-electron chi connectivity index (χ1n) is 9.13. The third kappa shape index (κ3) is 3.19. The van der Waals surface area contributed by atoms with E-state index >= 15 is 0 Å². The summed E-state index contributed by atoms with van der Waals surface area (Å²) < 4.78 is 7.12. The zero-order valence-corrected chi connectivity index (χ0v) is 15.7. The molecule has 1 atom stereocenters. The van der Waals surface area contributed by atoms with Crippen molar-refractivity contribution < 1.29 is 9.53 Å². The molecule has 0 radical (unpaired) electrons. The van der Waals surface area contributed by atoms with E-state index < -0.39 is 0 Å². The summed E-state index contributed by atoms with van der Waals surface area (Å²) in [5.41, 5.74) is 1.68. The van der Waals surface area contributed by atoms with E-state index in [2.05, 4.69) is 19.2 Å². The van der Waals surface area contributed by atoms with Crippen molar-refractivity contribution in [2.45, 2.75) is 46.2 Å². The molecule has 0 saturated carbocycles. The average molecular weight is 347 g/mol. The lowest BCUT2D eigenvalue weighted by Crippen LogP contribution is -2.70. The Morgan fingerprint density at radius 2 is 2.04 bits per heavy atom. The lowest BCUT2D eigenvalue weighted by Gasteiger charge is -2.60. The van der Waals surface area contributed by atoms with Crippen molar-refractivity contribution in [3.05, 3.63) is 33.7 Å². The van der Waals surface area contributed by atoms with E-state index in [0.717, 1.165) is 38.3 Å². The molecule has 2 saturated heterocycles. The van der Waals surface area contributed by atoms with E-state index in [4.69, 9.17) is 4.74 Å². The monoisotopic (exact) mass is 347 g/mol. The summed E-state index contributed by atoms with van der Waals surface area (Å²) in [7, 11) is 1.75. The van der Waals surface area contributed by atoms with Gasteiger partial charge < -0.3 is 19.5 Å². The molecule has 0 aromatic carbocycles. The van der Waals surface area contributed by atoms with Crippen LogP contribution in [0.3, 0.4) is 0 Å². The van der Waals surface area contributed by atoms with Crippen molar-refractivity contribution in [3.63, 3.8) is 0 Å². The Morgan fingerprint density at radius 3 is 2.68 bits per heavy atom. The second-order valence-electron chi connectivity index (χ2n) is 7.81. The molecule has 25 heavy (non-hydrogen) atoms. The van der Waals surface area contributed by atoms with Crippen LogP contribution >= 0.6 is 0 Å². The zero-order chi connectivity index (χ0) is 18.2. The molecule has 138 valence electrons. The summed E-state index contributed by atoms with van der Waals surface area (Å²) in [6.45, 7) is 8.88. The van der Waals surface area contributed by atoms with Crippen LogP contribution in [0.5, 0.6) is 0 Å². The number of carbonyl (C=O) groups excluding carboxylic acids is 1. The van der Waals surface area contributed by atoms with Crippen molar-refractivity contribution in [1.82, 2.24) is 14.8 Å². The van der Waals surface area contributed by atoms with E-state index in [9.17, 15) is 9.59 Å². The van der Waals surface area contributed by atoms with Gasteiger partial charge in [-0.1, -0.05) is 19.9 Å². The minimum absolute atomic E-state index is 0.0507. The number of ether oxygens (including phenoxy) is 1. The van der Waals surface area contributed by atoms with Gasteiger partial charge in [-0.2, -0.15) is 0 Å². The highest BCUT2D eigenvalue weighted by atomic mass is 16.5. The van der Waals surface area contributed by atoms with Crippen LogP contribution in [0.1, 0.15) is 37.9 Å². The third-order valence-electron chi connectivity index (χ3n) is 5.89. The summed E-state index contributed by atoms with van der Waals surface area (Å²) in [5.74, 6) is 0.407. The Labute approximate surface area is 149 Å². The minimum Gasteiger partial charge on any atom is -0.381 e. The number of urea groups is 1. The second-order valence-corrected chi connectivity index (χ2v) is 7.81. The fourth-order valence-corrected chi connectivity index (χ4v) is 4.43. The second kappa shape index (κ2) is 6.83. The normalized spacial score (nSPS) is 22.1. The first-order chi connectivity index (χ1) is 11.9. The van der Waals surface area contributed by atoms with Crippen LogP contribution in [-0.2, 0) is 18.3 Å². The first-order valence-corrected chi connectivity index (χ1v) is 9.13. The predicted octanol–water partition coefficient (Wildman–Crippen LogP) is 2.04. The molecule has 0 aliphatic carbocycles. The van der Waals surface area contributed by atoms with Gasteiger partial charge in [0.15, 0.2) is 0 Å². The van der Waals surface area contributed by atoms with Gasteiger partial charge in [0.2, 0.25) is 0 Å². The Morgan fingerprint density at radius 1 is 1.36 bits per heavy atom. The van der Waals surface area contributed by atoms with Crippen LogP contribution in [0.15, 0.2) is 16.9 Å². The van der Waals surface area contributed by atoms with Gasteiger partial charge in [0.05, 0.1) is 0 Å². The molecule has 3 rings (SSSR count). The van der Waals surface area contributed by atoms with Crippen LogP contribution < -0.4 is 10.9 Å². The summed E-state index contributed by atoms with van der Waals surface area (Å²) in [4.78, 5) is 26.9. The molecule has 1 N–H and O–H groups in total. The van der Waals surface area contributed by atoms with Crippen LogP contribution in [0, 0.1) is 18.3 Å². The Bertz CT molecular complexity index is 704. The smallest absolute Gasteiger partial charge is 0.317 e. The highest BCUT2D eigenvalue weighted by molar-refractivity contribution is 5.76. The molecule has 1 aromatic heterocycles. The molecule has 3 heterocycles. The molecule has 1 spiro atoms. The number of hydrogen-bond donors (Lipinski definition) is 1. The summed E-state index contributed by atoms with van der Waals surface area (Å²) in [6, 6.07) is 3.88. The van der Waals surface area contributed by atoms with E-state index in [-0.39, 0.29) is 29.6 Å². The number of carbonyl (C=O) groups is 1. The lowest BCUT2D eigenvalue weighted by atomic mass is 9.63. The molecule has 6 nitrogen and oxygen atoms in total. The number of hydrogen-bond acceptors (Lipinski definition) is 3. The minimum atomic E-state index is -0.0709. The highest BCUT2D eigenvalue weighted by Gasteiger charge is 2.55. The number of nitrogens with zero attached hydrogens (tertiary/aromatic N) is 2. The van der Waals surface area contributed by atoms with Crippen molar-refractivity contribution >= 4 is 6.03 Å². The van der Waals surface area contributed by atoms with Gasteiger partial charge in [0.25, 0.3) is 5.56 Å². The lowest BCUT2D eigenvalue weighted by molar-refractivity contribution is -0.124. The quantitative estimate of drug-likeness (QED) is 0.910. The molecule has 1 aromatic rings. The zero-order valence-electron chi connectivity index (χ0n) is 15.7. The molecule has 2 fully saturated rings. The van der Waals surface area contributed by atoms with Gasteiger partial charge in [-0.05, 0) is 31.7 Å². The average Bonchev–Trinajstić information content (AvgIpc) is 2.57. The molecule has 2 aliphatic heterocycles. The summed E-state index contributed by atoms with van der Waals surface area (Å²) in [6.07, 6.45) is 2.05. The van der Waals surface area contributed by atoms with Crippen molar-refractivity contribution in [3.8, 4) is 0 Å². The van der Waals surface area contributed by atoms with Gasteiger partial charge in [0.1, 0.15) is 0 Å². The topological polar surface area (TPSA) is 63.6 Å². The van der Waals surface area contributed by atoms with Crippen molar-refractivity contribution in [1.29, 1.82) is 0 Å². The standard InChI is InChI=1S/C19H29N3O3/c1-13(2)16-19(7-9-25-10-8-19)12-22(16)18(24)20-11-15-6-5-14(3)21(4)17(15)23/h5-6,13,16H,7-12H2,1-4H3,(H,20,24). The van der Waals surface area contributed by atoms with E-state index in [1.165, 1.54) is 0 Å². The van der Waals surface area contributed by atoms with Crippen molar-refractivity contribution in [2.75, 3.05) is 19.8 Å². The largest absolute Gasteiger partial charge is 0.381 e. The fraction of sp³-hybridized carbons (Fsp3) is 0.684. The highest BCUT2D eigenvalue weighted by Crippen LogP contribution is 2.48. The number of likely N-dealkylation sites (tertiary alicyclic amines) is 1. The van der Waals surface area contributed by atoms with Gasteiger partial charge in [-0.15, -0.1) is 0 Å². The summed E-state index contributed by atoms with van der Waals surface area (Å²) >= 11 is 0. The van der Waals surface area contributed by atoms with Crippen LogP contribution in [0.4, 0.5) is 4.79 Å². The van der Waals surface area contributed by atoms with E-state index in [1.807, 2.05) is 17.9 Å². The Balaban J connectivity index is 1.66. The predicted molar refractivity (Wildman–Crippen MR) is 96.5 cm³/mol. The molecule has 2 amide bonds. The van der Waals surface area contributed by atoms with Gasteiger partial charge in [-0.3, -0.25) is 4.79 Å². The van der Waals surface area contributed by atoms with Gasteiger partial charge in [-0.25, -0.2) is 4.79 Å². The van der Waals surface area contributed by atoms with Gasteiger partial charge >= 0.3 is 6.03 Å². The number of aryl methyl sites for hydroxylation is 1. The fourth-order valence-electron chi connectivity index (χ4n) is 4.43. The number of pyridine rings is 1. The number of nitrogens with one attached hydrogen (secondary N) is 1. The Hall–Kier alpha value is -1.82. The molecular weight excluding hydrogens is 318 g/mol. The van der Waals surface area contributed by atoms with Crippen molar-refractivity contribution in [2.24, 2.45) is 18.4 Å². The third-order valence-corrected chi connectivity index (χ3v) is 5.89. The number of aromatic nitrogens is 1. The van der Waals surface area contributed by atoms with Crippen LogP contribution in [0.25, 0.3) is 0 Å². The SMILES string of the molecule is Cc1ccc(CNC(=O)N2CC3(CCOCC3)C2C(C)C)c(=O)n1C. The van der Waals surface area contributed by atoms with Crippen LogP contribution in [-0.4, -0.2) is 41.3 Å². The molecule has 6 heteroatoms. The van der Waals surface area contributed by atoms with Gasteiger partial charge in [0, 0.05) is 56.1 Å². The van der Waals surface area contributed by atoms with E-state index in [1.54, 1.807) is 17.7 Å².